The van der Waals surface area contributed by atoms with Gasteiger partial charge in [-0.3, -0.25) is 9.59 Å². The Morgan fingerprint density at radius 3 is 2.48 bits per heavy atom. The van der Waals surface area contributed by atoms with Crippen molar-refractivity contribution in [2.75, 3.05) is 12.5 Å². The number of nitrogens with one attached hydrogen (secondary N) is 2. The number of rotatable bonds is 13. The van der Waals surface area contributed by atoms with E-state index in [1.54, 1.807) is 0 Å². The van der Waals surface area contributed by atoms with Crippen molar-refractivity contribution in [1.82, 2.24) is 15.5 Å². The van der Waals surface area contributed by atoms with Crippen molar-refractivity contribution in [3.05, 3.63) is 71.3 Å². The highest BCUT2D eigenvalue weighted by Crippen LogP contribution is 2.40. The summed E-state index contributed by atoms with van der Waals surface area (Å²) in [6.07, 6.45) is 1.86. The molecule has 9 heteroatoms. The van der Waals surface area contributed by atoms with Gasteiger partial charge in [-0.15, -0.1) is 11.8 Å². The molecule has 1 aliphatic rings. The lowest BCUT2D eigenvalue weighted by Gasteiger charge is -2.33. The van der Waals surface area contributed by atoms with Crippen LogP contribution in [0.3, 0.4) is 0 Å². The largest absolute Gasteiger partial charge is 0.450 e. The number of alkyl carbamates (subject to hydrolysis) is 1. The number of hydrogen-bond donors (Lipinski definition) is 3. The maximum atomic E-state index is 13.7. The number of aliphatic hydroxyl groups excluding tert-OH is 1. The molecule has 1 heterocycles. The van der Waals surface area contributed by atoms with Crippen molar-refractivity contribution in [3.63, 3.8) is 0 Å². The minimum Gasteiger partial charge on any atom is -0.450 e. The van der Waals surface area contributed by atoms with E-state index in [9.17, 15) is 19.5 Å². The molecule has 0 saturated carbocycles. The third kappa shape index (κ3) is 8.73. The van der Waals surface area contributed by atoms with Gasteiger partial charge in [0.2, 0.25) is 5.91 Å². The lowest BCUT2D eigenvalue weighted by Crippen LogP contribution is -2.58. The third-order valence-electron chi connectivity index (χ3n) is 7.26. The summed E-state index contributed by atoms with van der Waals surface area (Å²) in [5.74, 6) is -0.623. The molecule has 1 fully saturated rings. The topological polar surface area (TPSA) is 108 Å². The first kappa shape index (κ1) is 31.5. The van der Waals surface area contributed by atoms with Crippen molar-refractivity contribution >= 4 is 29.7 Å². The molecule has 3 N–H and O–H groups in total. The van der Waals surface area contributed by atoms with Crippen LogP contribution < -0.4 is 10.6 Å². The average Bonchev–Trinajstić information content (AvgIpc) is 3.26. The van der Waals surface area contributed by atoms with E-state index in [-0.39, 0.29) is 24.8 Å². The lowest BCUT2D eigenvalue weighted by atomic mass is 9.97. The molecule has 218 valence electrons. The van der Waals surface area contributed by atoms with E-state index in [1.807, 2.05) is 75.4 Å². The summed E-state index contributed by atoms with van der Waals surface area (Å²) in [7, 11) is 0. The minimum atomic E-state index is -1.56. The summed E-state index contributed by atoms with van der Waals surface area (Å²) in [6.45, 7) is 8.55. The molecule has 3 unspecified atom stereocenters. The van der Waals surface area contributed by atoms with Gasteiger partial charge in [0.25, 0.3) is 5.91 Å². The van der Waals surface area contributed by atoms with E-state index in [4.69, 9.17) is 4.74 Å². The van der Waals surface area contributed by atoms with Crippen LogP contribution in [0.15, 0.2) is 54.6 Å². The quantitative estimate of drug-likeness (QED) is 0.305. The van der Waals surface area contributed by atoms with Crippen LogP contribution in [0.25, 0.3) is 0 Å². The molecule has 0 aliphatic carbocycles. The summed E-state index contributed by atoms with van der Waals surface area (Å²) in [5.41, 5.74) is 2.92. The summed E-state index contributed by atoms with van der Waals surface area (Å²) in [4.78, 5) is 41.2. The first-order chi connectivity index (χ1) is 19.1. The highest BCUT2D eigenvalue weighted by molar-refractivity contribution is 8.00. The Balaban J connectivity index is 1.72. The van der Waals surface area contributed by atoms with Crippen LogP contribution in [-0.4, -0.2) is 63.3 Å². The molecule has 3 rings (SSSR count). The number of carbonyl (C=O) groups excluding carboxylic acids is 3. The molecule has 2 aromatic rings. The maximum Gasteiger partial charge on any atom is 0.407 e. The number of aryl methyl sites for hydroxylation is 1. The van der Waals surface area contributed by atoms with Gasteiger partial charge in [0.05, 0.1) is 18.5 Å². The summed E-state index contributed by atoms with van der Waals surface area (Å²) in [6, 6.07) is 15.4. The van der Waals surface area contributed by atoms with Gasteiger partial charge in [-0.1, -0.05) is 80.8 Å². The molecular formula is C31H43N3O5S. The standard InChI is InChI=1S/C31H43N3O5S/c1-5-6-7-13-18-39-30(38)33-25(19-23-15-9-8-10-16-23)26(35)29(37)34-21-40-31(3,4)27(34)28(36)32-20-24-17-12-11-14-22(24)2/h8-12,14-17,25-27,35H,5-7,13,18-21H2,1-4H3,(H,32,36)(H,33,38). The van der Waals surface area contributed by atoms with E-state index < -0.39 is 34.9 Å². The first-order valence-electron chi connectivity index (χ1n) is 14.1. The van der Waals surface area contributed by atoms with Crippen molar-refractivity contribution in [1.29, 1.82) is 0 Å². The van der Waals surface area contributed by atoms with Crippen LogP contribution in [0.5, 0.6) is 0 Å². The van der Waals surface area contributed by atoms with Crippen molar-refractivity contribution < 1.29 is 24.2 Å². The number of ether oxygens (including phenoxy) is 1. The molecule has 1 aliphatic heterocycles. The molecule has 0 radical (unpaired) electrons. The van der Waals surface area contributed by atoms with Gasteiger partial charge in [-0.2, -0.15) is 0 Å². The summed E-state index contributed by atoms with van der Waals surface area (Å²) < 4.78 is 4.77. The van der Waals surface area contributed by atoms with E-state index in [2.05, 4.69) is 17.6 Å². The zero-order valence-electron chi connectivity index (χ0n) is 24.0. The summed E-state index contributed by atoms with van der Waals surface area (Å²) >= 11 is 1.48. The van der Waals surface area contributed by atoms with E-state index >= 15 is 0 Å². The second-order valence-electron chi connectivity index (χ2n) is 10.8. The number of unbranched alkanes of at least 4 members (excludes halogenated alkanes) is 3. The van der Waals surface area contributed by atoms with Crippen LogP contribution in [0.2, 0.25) is 0 Å². The van der Waals surface area contributed by atoms with Crippen LogP contribution >= 0.6 is 11.8 Å². The first-order valence-corrected chi connectivity index (χ1v) is 15.0. The smallest absolute Gasteiger partial charge is 0.407 e. The predicted octanol–water partition coefficient (Wildman–Crippen LogP) is 4.57. The average molecular weight is 570 g/mol. The van der Waals surface area contributed by atoms with Crippen molar-refractivity contribution in [2.24, 2.45) is 0 Å². The predicted molar refractivity (Wildman–Crippen MR) is 159 cm³/mol. The highest BCUT2D eigenvalue weighted by atomic mass is 32.2. The molecule has 0 bridgehead atoms. The third-order valence-corrected chi connectivity index (χ3v) is 8.63. The van der Waals surface area contributed by atoms with E-state index in [0.717, 1.165) is 42.4 Å². The van der Waals surface area contributed by atoms with Crippen molar-refractivity contribution in [2.45, 2.75) is 89.3 Å². The molecule has 3 amide bonds. The second-order valence-corrected chi connectivity index (χ2v) is 12.4. The fourth-order valence-electron chi connectivity index (χ4n) is 4.84. The molecule has 3 atom stereocenters. The second kappa shape index (κ2) is 15.1. The highest BCUT2D eigenvalue weighted by Gasteiger charge is 2.49. The van der Waals surface area contributed by atoms with Gasteiger partial charge < -0.3 is 25.4 Å². The van der Waals surface area contributed by atoms with Crippen LogP contribution in [0, 0.1) is 6.92 Å². The fourth-order valence-corrected chi connectivity index (χ4v) is 5.98. The van der Waals surface area contributed by atoms with Gasteiger partial charge in [0.1, 0.15) is 6.04 Å². The Morgan fingerprint density at radius 2 is 1.77 bits per heavy atom. The van der Waals surface area contributed by atoms with Gasteiger partial charge in [-0.25, -0.2) is 4.79 Å². The Hall–Kier alpha value is -3.04. The number of thioether (sulfide) groups is 1. The van der Waals surface area contributed by atoms with E-state index in [1.165, 1.54) is 16.7 Å². The minimum absolute atomic E-state index is 0.229. The van der Waals surface area contributed by atoms with Crippen molar-refractivity contribution in [3.8, 4) is 0 Å². The molecule has 0 aromatic heterocycles. The molecule has 40 heavy (non-hydrogen) atoms. The number of aliphatic hydroxyl groups is 1. The normalized spacial score (nSPS) is 17.6. The number of benzene rings is 2. The fraction of sp³-hybridized carbons (Fsp3) is 0.516. The molecule has 0 spiro atoms. The van der Waals surface area contributed by atoms with Gasteiger partial charge in [-0.05, 0) is 50.3 Å². The Kier molecular flexibility index (Phi) is 11.9. The van der Waals surface area contributed by atoms with Gasteiger partial charge >= 0.3 is 6.09 Å². The molecule has 1 saturated heterocycles. The Bertz CT molecular complexity index is 1130. The van der Waals surface area contributed by atoms with Gasteiger partial charge in [0, 0.05) is 11.3 Å². The zero-order valence-corrected chi connectivity index (χ0v) is 24.8. The zero-order chi connectivity index (χ0) is 29.1. The molecule has 2 aromatic carbocycles. The van der Waals surface area contributed by atoms with Crippen LogP contribution in [-0.2, 0) is 27.3 Å². The monoisotopic (exact) mass is 569 g/mol. The molecule has 8 nitrogen and oxygen atoms in total. The number of hydrogen-bond acceptors (Lipinski definition) is 6. The Morgan fingerprint density at radius 1 is 1.07 bits per heavy atom. The van der Waals surface area contributed by atoms with E-state index in [0.29, 0.717) is 6.54 Å². The van der Waals surface area contributed by atoms with Gasteiger partial charge in [0.15, 0.2) is 6.10 Å². The van der Waals surface area contributed by atoms with Crippen LogP contribution in [0.1, 0.15) is 63.1 Å². The number of amides is 3. The summed E-state index contributed by atoms with van der Waals surface area (Å²) in [5, 5.41) is 17.0. The number of carbonyl (C=O) groups is 3. The maximum absolute atomic E-state index is 13.7. The van der Waals surface area contributed by atoms with Crippen LogP contribution in [0.4, 0.5) is 4.79 Å². The SMILES string of the molecule is CCCCCCOC(=O)NC(Cc1ccccc1)C(O)C(=O)N1CSC(C)(C)C1C(=O)NCc1ccccc1C. The molecular weight excluding hydrogens is 526 g/mol. The lowest BCUT2D eigenvalue weighted by molar-refractivity contribution is -0.147. The Labute approximate surface area is 242 Å². The number of nitrogens with zero attached hydrogens (tertiary/aromatic N) is 1.